The number of halogens is 1. The lowest BCUT2D eigenvalue weighted by molar-refractivity contribution is 0.568. The molecule has 0 bridgehead atoms. The average Bonchev–Trinajstić information content (AvgIpc) is 2.57. The third kappa shape index (κ3) is 1.19. The largest absolute Gasteiger partial charge is 0.472 e. The molecule has 0 aliphatic carbocycles. The lowest BCUT2D eigenvalue weighted by Crippen LogP contribution is -1.83. The molecular weight excluding hydrogens is 176 g/mol. The Balaban J connectivity index is 2.55. The van der Waals surface area contributed by atoms with Crippen molar-refractivity contribution < 1.29 is 4.42 Å². The molecule has 0 aromatic carbocycles. The van der Waals surface area contributed by atoms with Gasteiger partial charge in [-0.25, -0.2) is 9.97 Å². The number of furan rings is 1. The molecule has 0 saturated heterocycles. The molecular formula is C8H5ClN2O. The quantitative estimate of drug-likeness (QED) is 0.677. The molecule has 2 heterocycles. The summed E-state index contributed by atoms with van der Waals surface area (Å²) in [6.45, 7) is 0. The van der Waals surface area contributed by atoms with E-state index in [0.29, 0.717) is 10.7 Å². The van der Waals surface area contributed by atoms with Crippen LogP contribution in [0.15, 0.2) is 35.5 Å². The van der Waals surface area contributed by atoms with Gasteiger partial charge in [-0.1, -0.05) is 11.6 Å². The van der Waals surface area contributed by atoms with Crippen molar-refractivity contribution in [3.8, 4) is 11.3 Å². The predicted molar refractivity (Wildman–Crippen MR) is 44.7 cm³/mol. The van der Waals surface area contributed by atoms with E-state index in [-0.39, 0.29) is 0 Å². The van der Waals surface area contributed by atoms with Gasteiger partial charge in [0.25, 0.3) is 0 Å². The van der Waals surface area contributed by atoms with Crippen molar-refractivity contribution in [1.82, 2.24) is 9.97 Å². The number of hydrogen-bond acceptors (Lipinski definition) is 3. The molecule has 12 heavy (non-hydrogen) atoms. The number of rotatable bonds is 1. The first-order chi connectivity index (χ1) is 5.88. The zero-order valence-electron chi connectivity index (χ0n) is 6.07. The molecule has 0 fully saturated rings. The van der Waals surface area contributed by atoms with Crippen LogP contribution in [0.25, 0.3) is 11.3 Å². The smallest absolute Gasteiger partial charge is 0.116 e. The first kappa shape index (κ1) is 7.31. The van der Waals surface area contributed by atoms with Crippen LogP contribution in [-0.2, 0) is 0 Å². The van der Waals surface area contributed by atoms with E-state index < -0.39 is 0 Å². The summed E-state index contributed by atoms with van der Waals surface area (Å²) < 4.78 is 4.90. The van der Waals surface area contributed by atoms with Gasteiger partial charge in [0.1, 0.15) is 6.33 Å². The molecule has 0 aliphatic rings. The summed E-state index contributed by atoms with van der Waals surface area (Å²) >= 11 is 5.85. The SMILES string of the molecule is Clc1cncnc1-c1ccoc1. The van der Waals surface area contributed by atoms with Crippen LogP contribution < -0.4 is 0 Å². The van der Waals surface area contributed by atoms with Crippen molar-refractivity contribution >= 4 is 11.6 Å². The van der Waals surface area contributed by atoms with Crippen LogP contribution in [-0.4, -0.2) is 9.97 Å². The first-order valence-corrected chi connectivity index (χ1v) is 3.74. The molecule has 4 heteroatoms. The lowest BCUT2D eigenvalue weighted by atomic mass is 10.2. The lowest BCUT2D eigenvalue weighted by Gasteiger charge is -1.96. The third-order valence-corrected chi connectivity index (χ3v) is 1.74. The summed E-state index contributed by atoms with van der Waals surface area (Å²) in [7, 11) is 0. The maximum atomic E-state index is 5.85. The molecule has 0 aliphatic heterocycles. The molecule has 3 nitrogen and oxygen atoms in total. The third-order valence-electron chi connectivity index (χ3n) is 1.46. The van der Waals surface area contributed by atoms with Crippen LogP contribution in [0.5, 0.6) is 0 Å². The monoisotopic (exact) mass is 180 g/mol. The Kier molecular flexibility index (Phi) is 1.80. The fourth-order valence-electron chi connectivity index (χ4n) is 0.924. The highest BCUT2D eigenvalue weighted by Crippen LogP contribution is 2.23. The van der Waals surface area contributed by atoms with E-state index in [0.717, 1.165) is 5.56 Å². The Bertz CT molecular complexity index is 372. The minimum atomic E-state index is 0.527. The second-order valence-corrected chi connectivity index (χ2v) is 2.64. The summed E-state index contributed by atoms with van der Waals surface area (Å²) in [6.07, 6.45) is 6.17. The van der Waals surface area contributed by atoms with Crippen LogP contribution >= 0.6 is 11.6 Å². The van der Waals surface area contributed by atoms with E-state index in [1.54, 1.807) is 24.8 Å². The van der Waals surface area contributed by atoms with Gasteiger partial charge in [0, 0.05) is 11.8 Å². The number of aromatic nitrogens is 2. The van der Waals surface area contributed by atoms with Crippen molar-refractivity contribution in [1.29, 1.82) is 0 Å². The highest BCUT2D eigenvalue weighted by Gasteiger charge is 2.04. The molecule has 0 amide bonds. The summed E-state index contributed by atoms with van der Waals surface area (Å²) in [5, 5.41) is 0.527. The second kappa shape index (κ2) is 2.95. The Labute approximate surface area is 74.0 Å². The zero-order valence-corrected chi connectivity index (χ0v) is 6.82. The number of nitrogens with zero attached hydrogens (tertiary/aromatic N) is 2. The van der Waals surface area contributed by atoms with Crippen LogP contribution in [0.3, 0.4) is 0 Å². The molecule has 0 radical (unpaired) electrons. The van der Waals surface area contributed by atoms with Gasteiger partial charge < -0.3 is 4.42 Å². The normalized spacial score (nSPS) is 10.1. The Morgan fingerprint density at radius 3 is 3.00 bits per heavy atom. The molecule has 2 rings (SSSR count). The summed E-state index contributed by atoms with van der Waals surface area (Å²) in [4.78, 5) is 7.80. The molecule has 60 valence electrons. The molecule has 0 spiro atoms. The van der Waals surface area contributed by atoms with Gasteiger partial charge in [-0.05, 0) is 6.07 Å². The molecule has 0 saturated carbocycles. The van der Waals surface area contributed by atoms with Crippen molar-refractivity contribution in [3.63, 3.8) is 0 Å². The van der Waals surface area contributed by atoms with E-state index in [1.165, 1.54) is 6.33 Å². The fraction of sp³-hybridized carbons (Fsp3) is 0. The van der Waals surface area contributed by atoms with Gasteiger partial charge in [0.2, 0.25) is 0 Å². The van der Waals surface area contributed by atoms with E-state index in [4.69, 9.17) is 16.0 Å². The summed E-state index contributed by atoms with van der Waals surface area (Å²) in [5.41, 5.74) is 1.56. The Morgan fingerprint density at radius 2 is 2.33 bits per heavy atom. The molecule has 0 atom stereocenters. The highest BCUT2D eigenvalue weighted by atomic mass is 35.5. The fourth-order valence-corrected chi connectivity index (χ4v) is 1.14. The molecule has 2 aromatic heterocycles. The highest BCUT2D eigenvalue weighted by molar-refractivity contribution is 6.32. The standard InChI is InChI=1S/C8H5ClN2O/c9-7-3-10-5-11-8(7)6-1-2-12-4-6/h1-5H. The van der Waals surface area contributed by atoms with Gasteiger partial charge in [0.05, 0.1) is 23.2 Å². The van der Waals surface area contributed by atoms with Gasteiger partial charge in [0.15, 0.2) is 0 Å². The van der Waals surface area contributed by atoms with E-state index in [9.17, 15) is 0 Å². The number of hydrogen-bond donors (Lipinski definition) is 0. The maximum Gasteiger partial charge on any atom is 0.116 e. The topological polar surface area (TPSA) is 38.9 Å². The minimum Gasteiger partial charge on any atom is -0.472 e. The first-order valence-electron chi connectivity index (χ1n) is 3.36. The van der Waals surface area contributed by atoms with Gasteiger partial charge in [-0.3, -0.25) is 0 Å². The minimum absolute atomic E-state index is 0.527. The van der Waals surface area contributed by atoms with Crippen LogP contribution in [0.2, 0.25) is 5.02 Å². The van der Waals surface area contributed by atoms with Crippen molar-refractivity contribution in [2.24, 2.45) is 0 Å². The Hall–Kier alpha value is -1.35. The predicted octanol–water partition coefficient (Wildman–Crippen LogP) is 2.39. The van der Waals surface area contributed by atoms with Crippen molar-refractivity contribution in [3.05, 3.63) is 36.1 Å². The molecule has 0 N–H and O–H groups in total. The van der Waals surface area contributed by atoms with Crippen molar-refractivity contribution in [2.75, 3.05) is 0 Å². The van der Waals surface area contributed by atoms with Crippen LogP contribution in [0, 0.1) is 0 Å². The zero-order chi connectivity index (χ0) is 8.39. The van der Waals surface area contributed by atoms with E-state index in [1.807, 2.05) is 0 Å². The Morgan fingerprint density at radius 1 is 1.42 bits per heavy atom. The van der Waals surface area contributed by atoms with E-state index in [2.05, 4.69) is 9.97 Å². The van der Waals surface area contributed by atoms with Crippen LogP contribution in [0.1, 0.15) is 0 Å². The molecule has 0 unspecified atom stereocenters. The van der Waals surface area contributed by atoms with Gasteiger partial charge >= 0.3 is 0 Å². The van der Waals surface area contributed by atoms with Gasteiger partial charge in [-0.2, -0.15) is 0 Å². The summed E-state index contributed by atoms with van der Waals surface area (Å²) in [5.74, 6) is 0. The average molecular weight is 181 g/mol. The van der Waals surface area contributed by atoms with Gasteiger partial charge in [-0.15, -0.1) is 0 Å². The van der Waals surface area contributed by atoms with E-state index >= 15 is 0 Å². The summed E-state index contributed by atoms with van der Waals surface area (Å²) in [6, 6.07) is 1.80. The molecule has 2 aromatic rings. The second-order valence-electron chi connectivity index (χ2n) is 2.23. The maximum absolute atomic E-state index is 5.85. The van der Waals surface area contributed by atoms with Crippen LogP contribution in [0.4, 0.5) is 0 Å². The van der Waals surface area contributed by atoms with Crippen molar-refractivity contribution in [2.45, 2.75) is 0 Å².